The van der Waals surface area contributed by atoms with E-state index in [4.69, 9.17) is 11.6 Å². The maximum Gasteiger partial charge on any atom is 0.319 e. The first-order valence-electron chi connectivity index (χ1n) is 6.81. The van der Waals surface area contributed by atoms with Crippen molar-refractivity contribution < 1.29 is 9.90 Å². The molecule has 5 heteroatoms. The van der Waals surface area contributed by atoms with E-state index in [0.29, 0.717) is 6.42 Å². The second-order valence-electron chi connectivity index (χ2n) is 5.95. The van der Waals surface area contributed by atoms with Gasteiger partial charge in [-0.05, 0) is 43.2 Å². The van der Waals surface area contributed by atoms with Crippen molar-refractivity contribution >= 4 is 17.6 Å². The number of urea groups is 1. The van der Waals surface area contributed by atoms with Gasteiger partial charge in [-0.3, -0.25) is 0 Å². The third-order valence-corrected chi connectivity index (χ3v) is 4.97. The van der Waals surface area contributed by atoms with Crippen molar-refractivity contribution in [2.45, 2.75) is 25.8 Å². The van der Waals surface area contributed by atoms with E-state index < -0.39 is 5.54 Å². The Kier molecular flexibility index (Phi) is 3.02. The summed E-state index contributed by atoms with van der Waals surface area (Å²) < 4.78 is 0. The molecule has 110 valence electrons. The quantitative estimate of drug-likeness (QED) is 0.745. The van der Waals surface area contributed by atoms with Crippen LogP contribution in [0, 0.1) is 5.41 Å². The second-order valence-corrected chi connectivity index (χ2v) is 6.44. The summed E-state index contributed by atoms with van der Waals surface area (Å²) in [6, 6.07) is 6.68. The Morgan fingerprint density at radius 3 is 2.52 bits per heavy atom. The van der Waals surface area contributed by atoms with Gasteiger partial charge in [0.1, 0.15) is 5.75 Å². The molecule has 0 radical (unpaired) electrons. The van der Waals surface area contributed by atoms with Gasteiger partial charge in [0.15, 0.2) is 0 Å². The first kappa shape index (κ1) is 14.0. The SMILES string of the molecule is CC12CC(Cl)=CC=C1NC(=O)NC2(C)c1ccc(O)cc1. The van der Waals surface area contributed by atoms with Gasteiger partial charge < -0.3 is 15.7 Å². The van der Waals surface area contributed by atoms with Gasteiger partial charge in [-0.25, -0.2) is 4.79 Å². The van der Waals surface area contributed by atoms with E-state index in [-0.39, 0.29) is 17.2 Å². The minimum atomic E-state index is -0.622. The zero-order valence-corrected chi connectivity index (χ0v) is 12.7. The summed E-state index contributed by atoms with van der Waals surface area (Å²) in [7, 11) is 0. The Hall–Kier alpha value is -1.94. The van der Waals surface area contributed by atoms with Crippen molar-refractivity contribution in [3.05, 3.63) is 52.7 Å². The summed E-state index contributed by atoms with van der Waals surface area (Å²) in [5, 5.41) is 16.1. The van der Waals surface area contributed by atoms with Crippen LogP contribution in [0.1, 0.15) is 25.8 Å². The number of rotatable bonds is 1. The molecule has 1 aliphatic carbocycles. The van der Waals surface area contributed by atoms with Crippen LogP contribution in [0.2, 0.25) is 0 Å². The number of carbonyl (C=O) groups excluding carboxylic acids is 1. The average molecular weight is 305 g/mol. The number of allylic oxidation sites excluding steroid dienone is 3. The number of hydrogen-bond acceptors (Lipinski definition) is 2. The number of amides is 2. The minimum absolute atomic E-state index is 0.199. The van der Waals surface area contributed by atoms with Crippen LogP contribution in [0.3, 0.4) is 0 Å². The van der Waals surface area contributed by atoms with E-state index in [0.717, 1.165) is 16.3 Å². The fraction of sp³-hybridized carbons (Fsp3) is 0.312. The molecule has 3 N–H and O–H groups in total. The molecule has 1 aliphatic heterocycles. The van der Waals surface area contributed by atoms with Gasteiger partial charge in [-0.15, -0.1) is 0 Å². The van der Waals surface area contributed by atoms with Crippen LogP contribution in [0.25, 0.3) is 0 Å². The van der Waals surface area contributed by atoms with Crippen LogP contribution in [0.5, 0.6) is 5.75 Å². The maximum absolute atomic E-state index is 12.0. The van der Waals surface area contributed by atoms with E-state index in [1.807, 2.05) is 31.2 Å². The standard InChI is InChI=1S/C16H17ClN2O2/c1-15-9-11(17)5-8-13(15)18-14(21)19-16(15,2)10-3-6-12(20)7-4-10/h3-8,20H,9H2,1-2H3,(H2,18,19,21). The maximum atomic E-state index is 12.0. The third kappa shape index (κ3) is 2.02. The average Bonchev–Trinajstić information content (AvgIpc) is 2.41. The van der Waals surface area contributed by atoms with Crippen LogP contribution >= 0.6 is 11.6 Å². The molecule has 2 aliphatic rings. The van der Waals surface area contributed by atoms with Crippen LogP contribution in [0.4, 0.5) is 4.79 Å². The molecular weight excluding hydrogens is 288 g/mol. The molecule has 21 heavy (non-hydrogen) atoms. The Morgan fingerprint density at radius 2 is 1.86 bits per heavy atom. The van der Waals surface area contributed by atoms with Crippen molar-refractivity contribution in [3.63, 3.8) is 0 Å². The molecule has 1 fully saturated rings. The largest absolute Gasteiger partial charge is 0.508 e. The highest BCUT2D eigenvalue weighted by atomic mass is 35.5. The number of benzene rings is 1. The first-order chi connectivity index (χ1) is 9.85. The Bertz CT molecular complexity index is 665. The topological polar surface area (TPSA) is 61.4 Å². The summed E-state index contributed by atoms with van der Waals surface area (Å²) in [6.45, 7) is 4.06. The predicted octanol–water partition coefficient (Wildman–Crippen LogP) is 3.34. The second kappa shape index (κ2) is 4.53. The number of carbonyl (C=O) groups is 1. The highest BCUT2D eigenvalue weighted by Crippen LogP contribution is 2.52. The lowest BCUT2D eigenvalue weighted by Gasteiger charge is -2.53. The Morgan fingerprint density at radius 1 is 1.19 bits per heavy atom. The van der Waals surface area contributed by atoms with E-state index in [9.17, 15) is 9.90 Å². The van der Waals surface area contributed by atoms with Gasteiger partial charge >= 0.3 is 6.03 Å². The summed E-state index contributed by atoms with van der Waals surface area (Å²) in [5.41, 5.74) is 0.772. The first-order valence-corrected chi connectivity index (χ1v) is 7.18. The summed E-state index contributed by atoms with van der Waals surface area (Å²) in [4.78, 5) is 12.0. The number of phenolic OH excluding ortho intramolecular Hbond substituents is 1. The highest BCUT2D eigenvalue weighted by molar-refractivity contribution is 6.29. The lowest BCUT2D eigenvalue weighted by molar-refractivity contribution is 0.126. The van der Waals surface area contributed by atoms with Crippen LogP contribution in [0.15, 0.2) is 47.1 Å². The smallest absolute Gasteiger partial charge is 0.319 e. The van der Waals surface area contributed by atoms with Crippen LogP contribution in [-0.4, -0.2) is 11.1 Å². The van der Waals surface area contributed by atoms with Crippen LogP contribution in [-0.2, 0) is 5.54 Å². The number of fused-ring (bicyclic) bond motifs is 1. The normalized spacial score (nSPS) is 31.5. The highest BCUT2D eigenvalue weighted by Gasteiger charge is 2.53. The molecule has 0 bridgehead atoms. The zero-order chi connectivity index (χ0) is 15.3. The molecule has 0 spiro atoms. The van der Waals surface area contributed by atoms with Crippen molar-refractivity contribution in [1.82, 2.24) is 10.6 Å². The molecule has 1 aromatic rings. The lowest BCUT2D eigenvalue weighted by Crippen LogP contribution is -2.64. The van der Waals surface area contributed by atoms with Gasteiger partial charge in [-0.1, -0.05) is 30.7 Å². The number of aromatic hydroxyl groups is 1. The molecule has 2 unspecified atom stereocenters. The molecule has 3 rings (SSSR count). The molecule has 4 nitrogen and oxygen atoms in total. The van der Waals surface area contributed by atoms with Gasteiger partial charge in [0, 0.05) is 16.1 Å². The van der Waals surface area contributed by atoms with Gasteiger partial charge in [-0.2, -0.15) is 0 Å². The molecule has 1 heterocycles. The van der Waals surface area contributed by atoms with Gasteiger partial charge in [0.2, 0.25) is 0 Å². The van der Waals surface area contributed by atoms with Gasteiger partial charge in [0.05, 0.1) is 5.54 Å². The molecule has 1 saturated heterocycles. The van der Waals surface area contributed by atoms with Crippen molar-refractivity contribution in [2.75, 3.05) is 0 Å². The lowest BCUT2D eigenvalue weighted by atomic mass is 9.62. The Labute approximate surface area is 128 Å². The zero-order valence-electron chi connectivity index (χ0n) is 11.9. The monoisotopic (exact) mass is 304 g/mol. The fourth-order valence-electron chi connectivity index (χ4n) is 3.18. The molecular formula is C16H17ClN2O2. The van der Waals surface area contributed by atoms with Crippen molar-refractivity contribution in [3.8, 4) is 5.75 Å². The number of hydrogen-bond donors (Lipinski definition) is 3. The molecule has 0 aromatic heterocycles. The summed E-state index contributed by atoms with van der Waals surface area (Å²) in [6.07, 6.45) is 4.32. The molecule has 0 saturated carbocycles. The molecule has 1 aromatic carbocycles. The number of halogens is 1. The van der Waals surface area contributed by atoms with E-state index in [1.54, 1.807) is 12.1 Å². The number of nitrogens with one attached hydrogen (secondary N) is 2. The van der Waals surface area contributed by atoms with E-state index in [1.165, 1.54) is 0 Å². The van der Waals surface area contributed by atoms with Crippen molar-refractivity contribution in [1.29, 1.82) is 0 Å². The summed E-state index contributed by atoms with van der Waals surface area (Å²) in [5.74, 6) is 0.199. The van der Waals surface area contributed by atoms with E-state index >= 15 is 0 Å². The third-order valence-electron chi connectivity index (χ3n) is 4.71. The summed E-state index contributed by atoms with van der Waals surface area (Å²) >= 11 is 6.24. The Balaban J connectivity index is 2.15. The van der Waals surface area contributed by atoms with E-state index in [2.05, 4.69) is 17.6 Å². The van der Waals surface area contributed by atoms with Gasteiger partial charge in [0.25, 0.3) is 0 Å². The molecule has 2 amide bonds. The van der Waals surface area contributed by atoms with Crippen molar-refractivity contribution in [2.24, 2.45) is 5.41 Å². The minimum Gasteiger partial charge on any atom is -0.508 e. The molecule has 2 atom stereocenters. The number of phenols is 1. The predicted molar refractivity (Wildman–Crippen MR) is 81.9 cm³/mol. The fourth-order valence-corrected chi connectivity index (χ4v) is 3.51. The van der Waals surface area contributed by atoms with Crippen LogP contribution < -0.4 is 10.6 Å².